The maximum atomic E-state index is 12.3. The van der Waals surface area contributed by atoms with Crippen molar-refractivity contribution in [2.24, 2.45) is 10.9 Å². The third kappa shape index (κ3) is 6.98. The second kappa shape index (κ2) is 11.4. The number of likely N-dealkylation sites (tertiary alicyclic amines) is 1. The summed E-state index contributed by atoms with van der Waals surface area (Å²) in [5.41, 5.74) is 0. The fraction of sp³-hybridized carbons (Fsp3) is 0.882. The average molecular weight is 468 g/mol. The second-order valence-electron chi connectivity index (χ2n) is 6.85. The van der Waals surface area contributed by atoms with Crippen LogP contribution in [-0.4, -0.2) is 61.0 Å². The van der Waals surface area contributed by atoms with E-state index in [4.69, 9.17) is 0 Å². The van der Waals surface area contributed by atoms with E-state index in [1.54, 1.807) is 7.05 Å². The van der Waals surface area contributed by atoms with Crippen molar-refractivity contribution in [1.82, 2.24) is 15.5 Å². The molecule has 0 aromatic heterocycles. The van der Waals surface area contributed by atoms with Crippen LogP contribution >= 0.6 is 35.7 Å². The molecule has 2 rings (SSSR count). The van der Waals surface area contributed by atoms with Gasteiger partial charge in [-0.15, -0.1) is 24.0 Å². The highest BCUT2D eigenvalue weighted by Crippen LogP contribution is 2.27. The van der Waals surface area contributed by atoms with Crippen molar-refractivity contribution in [3.05, 3.63) is 0 Å². The second-order valence-corrected chi connectivity index (χ2v) is 7.99. The number of piperidine rings is 1. The Hall–Kier alpha value is -0.180. The molecule has 24 heavy (non-hydrogen) atoms. The number of guanidine groups is 1. The average Bonchev–Trinajstić information content (AvgIpc) is 3.01. The molecule has 1 heterocycles. The Morgan fingerprint density at radius 1 is 1.33 bits per heavy atom. The van der Waals surface area contributed by atoms with Crippen molar-refractivity contribution < 1.29 is 4.79 Å². The quantitative estimate of drug-likeness (QED) is 0.370. The summed E-state index contributed by atoms with van der Waals surface area (Å²) in [5.74, 6) is 1.74. The smallest absolute Gasteiger partial charge is 0.224 e. The predicted molar refractivity (Wildman–Crippen MR) is 114 cm³/mol. The first-order chi connectivity index (χ1) is 11.1. The summed E-state index contributed by atoms with van der Waals surface area (Å²) in [6, 6.07) is 0.511. The molecule has 0 aromatic rings. The zero-order chi connectivity index (χ0) is 16.7. The molecule has 0 aromatic carbocycles. The van der Waals surface area contributed by atoms with Gasteiger partial charge in [-0.05, 0) is 44.3 Å². The van der Waals surface area contributed by atoms with Crippen LogP contribution in [0.25, 0.3) is 0 Å². The highest BCUT2D eigenvalue weighted by Gasteiger charge is 2.24. The van der Waals surface area contributed by atoms with E-state index in [0.717, 1.165) is 30.7 Å². The molecule has 5 nitrogen and oxygen atoms in total. The number of hydrogen-bond acceptors (Lipinski definition) is 3. The molecule has 140 valence electrons. The molecular formula is C17H33IN4OS. The van der Waals surface area contributed by atoms with Crippen LogP contribution < -0.4 is 10.6 Å². The fourth-order valence-electron chi connectivity index (χ4n) is 3.54. The van der Waals surface area contributed by atoms with Crippen molar-refractivity contribution in [1.29, 1.82) is 0 Å². The van der Waals surface area contributed by atoms with E-state index in [9.17, 15) is 4.79 Å². The van der Waals surface area contributed by atoms with Gasteiger partial charge in [0.1, 0.15) is 0 Å². The van der Waals surface area contributed by atoms with Gasteiger partial charge in [-0.2, -0.15) is 11.8 Å². The fourth-order valence-corrected chi connectivity index (χ4v) is 4.33. The molecule has 7 heteroatoms. The molecule has 3 unspecified atom stereocenters. The Morgan fingerprint density at radius 2 is 2.12 bits per heavy atom. The summed E-state index contributed by atoms with van der Waals surface area (Å²) in [7, 11) is 1.80. The summed E-state index contributed by atoms with van der Waals surface area (Å²) in [5, 5.41) is 7.56. The number of aliphatic imine (C=N–C) groups is 1. The Balaban J connectivity index is 0.00000288. The minimum absolute atomic E-state index is 0. The molecule has 0 radical (unpaired) electrons. The van der Waals surface area contributed by atoms with Crippen molar-refractivity contribution in [2.45, 2.75) is 56.7 Å². The molecular weight excluding hydrogens is 435 g/mol. The molecule has 3 atom stereocenters. The SMILES string of the molecule is CN=C(NCCC(=O)N1CCCC(C)C1)NC1CCC(SC)C1.I. The molecule has 0 bridgehead atoms. The molecule has 1 aliphatic heterocycles. The van der Waals surface area contributed by atoms with Gasteiger partial charge in [-0.1, -0.05) is 6.92 Å². The van der Waals surface area contributed by atoms with Crippen LogP contribution in [0.4, 0.5) is 0 Å². The molecule has 0 spiro atoms. The normalized spacial score (nSPS) is 27.5. The van der Waals surface area contributed by atoms with E-state index in [2.05, 4.69) is 28.8 Å². The number of carbonyl (C=O) groups is 1. The maximum Gasteiger partial charge on any atom is 0.224 e. The van der Waals surface area contributed by atoms with Crippen molar-refractivity contribution in [3.8, 4) is 0 Å². The largest absolute Gasteiger partial charge is 0.356 e. The monoisotopic (exact) mass is 468 g/mol. The predicted octanol–water partition coefficient (Wildman–Crippen LogP) is 2.70. The molecule has 1 saturated carbocycles. The van der Waals surface area contributed by atoms with Crippen LogP contribution in [-0.2, 0) is 4.79 Å². The first-order valence-corrected chi connectivity index (χ1v) is 10.2. The van der Waals surface area contributed by atoms with E-state index in [0.29, 0.717) is 24.9 Å². The van der Waals surface area contributed by atoms with Gasteiger partial charge in [0, 0.05) is 44.4 Å². The van der Waals surface area contributed by atoms with Crippen molar-refractivity contribution in [3.63, 3.8) is 0 Å². The number of rotatable bonds is 5. The van der Waals surface area contributed by atoms with Crippen LogP contribution in [0.1, 0.15) is 45.4 Å². The summed E-state index contributed by atoms with van der Waals surface area (Å²) in [6.07, 6.45) is 8.81. The van der Waals surface area contributed by atoms with Gasteiger partial charge in [0.2, 0.25) is 5.91 Å². The standard InChI is InChI=1S/C17H32N4OS.HI/c1-13-5-4-10-21(12-13)16(22)8-9-19-17(18-2)20-14-6-7-15(11-14)23-3;/h13-15H,4-12H2,1-3H3,(H2,18,19,20);1H. The minimum Gasteiger partial charge on any atom is -0.356 e. The van der Waals surface area contributed by atoms with Crippen molar-refractivity contribution in [2.75, 3.05) is 32.9 Å². The number of amides is 1. The number of thioether (sulfide) groups is 1. The molecule has 2 N–H and O–H groups in total. The Bertz CT molecular complexity index is 421. The summed E-state index contributed by atoms with van der Waals surface area (Å²) in [6.45, 7) is 4.73. The third-order valence-electron chi connectivity index (χ3n) is 4.92. The number of nitrogens with one attached hydrogen (secondary N) is 2. The van der Waals surface area contributed by atoms with Gasteiger partial charge in [0.05, 0.1) is 0 Å². The van der Waals surface area contributed by atoms with Crippen LogP contribution in [0.3, 0.4) is 0 Å². The van der Waals surface area contributed by atoms with E-state index in [-0.39, 0.29) is 29.9 Å². The highest BCUT2D eigenvalue weighted by molar-refractivity contribution is 14.0. The lowest BCUT2D eigenvalue weighted by molar-refractivity contribution is -0.132. The van der Waals surface area contributed by atoms with Gasteiger partial charge in [0.25, 0.3) is 0 Å². The van der Waals surface area contributed by atoms with E-state index in [1.165, 1.54) is 25.7 Å². The Morgan fingerprint density at radius 3 is 2.75 bits per heavy atom. The Labute approximate surface area is 168 Å². The topological polar surface area (TPSA) is 56.7 Å². The first kappa shape index (κ1) is 21.9. The molecule has 1 saturated heterocycles. The zero-order valence-electron chi connectivity index (χ0n) is 15.2. The number of halogens is 1. The summed E-state index contributed by atoms with van der Waals surface area (Å²) < 4.78 is 0. The lowest BCUT2D eigenvalue weighted by Crippen LogP contribution is -2.44. The first-order valence-electron chi connectivity index (χ1n) is 8.90. The van der Waals surface area contributed by atoms with Gasteiger partial charge in [0.15, 0.2) is 5.96 Å². The van der Waals surface area contributed by atoms with E-state index in [1.807, 2.05) is 16.7 Å². The maximum absolute atomic E-state index is 12.3. The molecule has 1 amide bonds. The van der Waals surface area contributed by atoms with E-state index < -0.39 is 0 Å². The third-order valence-corrected chi connectivity index (χ3v) is 6.02. The zero-order valence-corrected chi connectivity index (χ0v) is 18.4. The lowest BCUT2D eigenvalue weighted by Gasteiger charge is -2.31. The molecule has 1 aliphatic carbocycles. The molecule has 2 fully saturated rings. The van der Waals surface area contributed by atoms with Gasteiger partial charge < -0.3 is 15.5 Å². The van der Waals surface area contributed by atoms with Gasteiger partial charge >= 0.3 is 0 Å². The van der Waals surface area contributed by atoms with Crippen LogP contribution in [0.2, 0.25) is 0 Å². The van der Waals surface area contributed by atoms with Gasteiger partial charge in [-0.25, -0.2) is 0 Å². The highest BCUT2D eigenvalue weighted by atomic mass is 127. The van der Waals surface area contributed by atoms with Gasteiger partial charge in [-0.3, -0.25) is 9.79 Å². The Kier molecular flexibility index (Phi) is 10.4. The number of hydrogen-bond donors (Lipinski definition) is 2. The van der Waals surface area contributed by atoms with Crippen LogP contribution in [0, 0.1) is 5.92 Å². The molecule has 2 aliphatic rings. The number of carbonyl (C=O) groups excluding carboxylic acids is 1. The van der Waals surface area contributed by atoms with E-state index >= 15 is 0 Å². The summed E-state index contributed by atoms with van der Waals surface area (Å²) >= 11 is 1.96. The lowest BCUT2D eigenvalue weighted by atomic mass is 10.00. The van der Waals surface area contributed by atoms with Crippen LogP contribution in [0.5, 0.6) is 0 Å². The number of nitrogens with zero attached hydrogens (tertiary/aromatic N) is 2. The summed E-state index contributed by atoms with van der Waals surface area (Å²) in [4.78, 5) is 18.6. The van der Waals surface area contributed by atoms with Crippen LogP contribution in [0.15, 0.2) is 4.99 Å². The minimum atomic E-state index is 0. The van der Waals surface area contributed by atoms with Crippen molar-refractivity contribution >= 4 is 47.6 Å².